The molecular weight excluding hydrogens is 232 g/mol. The molecule has 1 heterocycles. The summed E-state index contributed by atoms with van der Waals surface area (Å²) in [6, 6.07) is 10.4. The molecule has 2 rings (SSSR count). The number of rotatable bonds is 5. The van der Waals surface area contributed by atoms with Crippen LogP contribution in [0.1, 0.15) is 17.7 Å². The number of aromatic nitrogens is 2. The van der Waals surface area contributed by atoms with E-state index in [1.165, 1.54) is 22.4 Å². The van der Waals surface area contributed by atoms with E-state index in [2.05, 4.69) is 49.4 Å². The smallest absolute Gasteiger partial charge is 0.0716 e. The van der Waals surface area contributed by atoms with E-state index in [1.807, 2.05) is 23.9 Å². The highest BCUT2D eigenvalue weighted by Crippen LogP contribution is 2.27. The topological polar surface area (TPSA) is 17.8 Å². The highest BCUT2D eigenvalue weighted by molar-refractivity contribution is 5.65. The fraction of sp³-hybridized carbons (Fsp3) is 0.235. The molecule has 0 fully saturated rings. The summed E-state index contributed by atoms with van der Waals surface area (Å²) >= 11 is 0. The maximum atomic E-state index is 4.55. The van der Waals surface area contributed by atoms with Crippen molar-refractivity contribution in [3.05, 3.63) is 66.4 Å². The van der Waals surface area contributed by atoms with Crippen molar-refractivity contribution in [3.8, 4) is 11.3 Å². The zero-order valence-corrected chi connectivity index (χ0v) is 11.7. The van der Waals surface area contributed by atoms with Crippen molar-refractivity contribution in [1.82, 2.24) is 9.78 Å². The number of aryl methyl sites for hydroxylation is 2. The standard InChI is InChI=1S/C17H20N2/c1-5-9-13(2)12-16-14(3)18-19(4)17(16)15-10-7-6-8-11-15/h5-8,10-11H,1-2,9,12H2,3-4H3. The molecule has 0 aliphatic carbocycles. The Morgan fingerprint density at radius 2 is 2.00 bits per heavy atom. The minimum Gasteiger partial charge on any atom is -0.267 e. The van der Waals surface area contributed by atoms with E-state index >= 15 is 0 Å². The Balaban J connectivity index is 2.43. The van der Waals surface area contributed by atoms with Crippen molar-refractivity contribution in [2.75, 3.05) is 0 Å². The van der Waals surface area contributed by atoms with Crippen LogP contribution in [0.15, 0.2) is 55.1 Å². The summed E-state index contributed by atoms with van der Waals surface area (Å²) in [5.41, 5.74) is 5.89. The monoisotopic (exact) mass is 252 g/mol. The lowest BCUT2D eigenvalue weighted by Crippen LogP contribution is -1.96. The average Bonchev–Trinajstić information content (AvgIpc) is 2.65. The molecule has 0 unspecified atom stereocenters. The van der Waals surface area contributed by atoms with E-state index in [0.717, 1.165) is 18.5 Å². The maximum absolute atomic E-state index is 4.55. The van der Waals surface area contributed by atoms with Gasteiger partial charge in [0.15, 0.2) is 0 Å². The van der Waals surface area contributed by atoms with Gasteiger partial charge in [-0.15, -0.1) is 6.58 Å². The molecule has 0 aliphatic rings. The van der Waals surface area contributed by atoms with Crippen LogP contribution in [-0.4, -0.2) is 9.78 Å². The first-order chi connectivity index (χ1) is 9.13. The average molecular weight is 252 g/mol. The van der Waals surface area contributed by atoms with E-state index in [-0.39, 0.29) is 0 Å². The van der Waals surface area contributed by atoms with Crippen LogP contribution in [0.3, 0.4) is 0 Å². The fourth-order valence-corrected chi connectivity index (χ4v) is 2.40. The molecule has 0 spiro atoms. The number of allylic oxidation sites excluding steroid dienone is 2. The Labute approximate surface area is 115 Å². The predicted molar refractivity (Wildman–Crippen MR) is 81.0 cm³/mol. The quantitative estimate of drug-likeness (QED) is 0.733. The summed E-state index contributed by atoms with van der Waals surface area (Å²) in [5, 5.41) is 4.55. The van der Waals surface area contributed by atoms with E-state index < -0.39 is 0 Å². The van der Waals surface area contributed by atoms with Crippen molar-refractivity contribution >= 4 is 0 Å². The van der Waals surface area contributed by atoms with Crippen molar-refractivity contribution in [3.63, 3.8) is 0 Å². The van der Waals surface area contributed by atoms with Crippen LogP contribution >= 0.6 is 0 Å². The van der Waals surface area contributed by atoms with Crippen LogP contribution in [0.2, 0.25) is 0 Å². The van der Waals surface area contributed by atoms with Gasteiger partial charge in [-0.1, -0.05) is 48.6 Å². The molecule has 0 N–H and O–H groups in total. The van der Waals surface area contributed by atoms with Gasteiger partial charge in [0.05, 0.1) is 11.4 Å². The predicted octanol–water partition coefficient (Wildman–Crippen LogP) is 4.07. The van der Waals surface area contributed by atoms with Gasteiger partial charge in [-0.05, 0) is 19.8 Å². The van der Waals surface area contributed by atoms with E-state index in [4.69, 9.17) is 0 Å². The zero-order valence-electron chi connectivity index (χ0n) is 11.7. The Hall–Kier alpha value is -2.09. The largest absolute Gasteiger partial charge is 0.267 e. The molecule has 0 atom stereocenters. The van der Waals surface area contributed by atoms with Gasteiger partial charge in [0.2, 0.25) is 0 Å². The second-order valence-electron chi connectivity index (χ2n) is 4.82. The molecule has 0 aliphatic heterocycles. The highest BCUT2D eigenvalue weighted by atomic mass is 15.3. The third kappa shape index (κ3) is 2.84. The third-order valence-corrected chi connectivity index (χ3v) is 3.25. The van der Waals surface area contributed by atoms with Gasteiger partial charge in [0.25, 0.3) is 0 Å². The summed E-state index contributed by atoms with van der Waals surface area (Å²) in [5.74, 6) is 0. The molecule has 0 saturated carbocycles. The third-order valence-electron chi connectivity index (χ3n) is 3.25. The molecule has 2 heteroatoms. The lowest BCUT2D eigenvalue weighted by atomic mass is 9.98. The molecule has 2 nitrogen and oxygen atoms in total. The fourth-order valence-electron chi connectivity index (χ4n) is 2.40. The Kier molecular flexibility index (Phi) is 4.00. The summed E-state index contributed by atoms with van der Waals surface area (Å²) in [6.07, 6.45) is 3.61. The van der Waals surface area contributed by atoms with Gasteiger partial charge in [-0.25, -0.2) is 0 Å². The normalized spacial score (nSPS) is 10.4. The lowest BCUT2D eigenvalue weighted by molar-refractivity contribution is 0.764. The van der Waals surface area contributed by atoms with Crippen molar-refractivity contribution < 1.29 is 0 Å². The van der Waals surface area contributed by atoms with E-state index in [0.29, 0.717) is 0 Å². The molecule has 0 bridgehead atoms. The van der Waals surface area contributed by atoms with Crippen LogP contribution in [0.25, 0.3) is 11.3 Å². The van der Waals surface area contributed by atoms with Crippen LogP contribution < -0.4 is 0 Å². The molecule has 1 aromatic heterocycles. The molecule has 2 aromatic rings. The number of nitrogens with zero attached hydrogens (tertiary/aromatic N) is 2. The van der Waals surface area contributed by atoms with Crippen molar-refractivity contribution in [2.45, 2.75) is 19.8 Å². The van der Waals surface area contributed by atoms with Gasteiger partial charge in [-0.2, -0.15) is 5.10 Å². The van der Waals surface area contributed by atoms with Crippen LogP contribution in [0.4, 0.5) is 0 Å². The molecular formula is C17H20N2. The summed E-state index contributed by atoms with van der Waals surface area (Å²) < 4.78 is 1.96. The second kappa shape index (κ2) is 5.70. The lowest BCUT2D eigenvalue weighted by Gasteiger charge is -2.08. The van der Waals surface area contributed by atoms with Gasteiger partial charge >= 0.3 is 0 Å². The SMILES string of the molecule is C=CCC(=C)Cc1c(C)nn(C)c1-c1ccccc1. The number of hydrogen-bond acceptors (Lipinski definition) is 1. The molecule has 98 valence electrons. The minimum absolute atomic E-state index is 0.850. The molecule has 1 aromatic carbocycles. The van der Waals surface area contributed by atoms with Gasteiger partial charge in [0.1, 0.15) is 0 Å². The Bertz CT molecular complexity index is 591. The van der Waals surface area contributed by atoms with Crippen molar-refractivity contribution in [2.24, 2.45) is 7.05 Å². The van der Waals surface area contributed by atoms with Crippen LogP contribution in [-0.2, 0) is 13.5 Å². The minimum atomic E-state index is 0.850. The van der Waals surface area contributed by atoms with Gasteiger partial charge < -0.3 is 0 Å². The number of benzene rings is 1. The molecule has 0 radical (unpaired) electrons. The van der Waals surface area contributed by atoms with Gasteiger partial charge in [0, 0.05) is 18.2 Å². The van der Waals surface area contributed by atoms with Crippen LogP contribution in [0.5, 0.6) is 0 Å². The first kappa shape index (κ1) is 13.3. The Morgan fingerprint density at radius 3 is 2.63 bits per heavy atom. The summed E-state index contributed by atoms with van der Waals surface area (Å²) in [6.45, 7) is 9.94. The second-order valence-corrected chi connectivity index (χ2v) is 4.82. The summed E-state index contributed by atoms with van der Waals surface area (Å²) in [7, 11) is 2.00. The first-order valence-corrected chi connectivity index (χ1v) is 6.49. The van der Waals surface area contributed by atoms with E-state index in [9.17, 15) is 0 Å². The highest BCUT2D eigenvalue weighted by Gasteiger charge is 2.15. The summed E-state index contributed by atoms with van der Waals surface area (Å²) in [4.78, 5) is 0. The van der Waals surface area contributed by atoms with Gasteiger partial charge in [-0.3, -0.25) is 4.68 Å². The van der Waals surface area contributed by atoms with Crippen molar-refractivity contribution in [1.29, 1.82) is 0 Å². The first-order valence-electron chi connectivity index (χ1n) is 6.49. The number of hydrogen-bond donors (Lipinski definition) is 0. The molecule has 0 saturated heterocycles. The van der Waals surface area contributed by atoms with E-state index in [1.54, 1.807) is 0 Å². The molecule has 19 heavy (non-hydrogen) atoms. The Morgan fingerprint density at radius 1 is 1.32 bits per heavy atom. The maximum Gasteiger partial charge on any atom is 0.0716 e. The zero-order chi connectivity index (χ0) is 13.8. The molecule has 0 amide bonds. The van der Waals surface area contributed by atoms with Crippen LogP contribution in [0, 0.1) is 6.92 Å².